The molecular weight excluding hydrogens is 392 g/mol. The predicted molar refractivity (Wildman–Crippen MR) is 112 cm³/mol. The third-order valence-corrected chi connectivity index (χ3v) is 4.39. The van der Waals surface area contributed by atoms with Gasteiger partial charge in [0.25, 0.3) is 5.91 Å². The highest BCUT2D eigenvalue weighted by molar-refractivity contribution is 6.30. The molecule has 0 bridgehead atoms. The number of benzene rings is 3. The summed E-state index contributed by atoms with van der Waals surface area (Å²) in [6.07, 6.45) is 0. The molecule has 0 radical (unpaired) electrons. The van der Waals surface area contributed by atoms with Crippen molar-refractivity contribution in [3.05, 3.63) is 71.8 Å². The molecule has 1 heterocycles. The van der Waals surface area contributed by atoms with E-state index in [2.05, 4.69) is 10.3 Å². The van der Waals surface area contributed by atoms with E-state index in [0.717, 1.165) is 5.56 Å². The summed E-state index contributed by atoms with van der Waals surface area (Å²) in [7, 11) is 1.57. The lowest BCUT2D eigenvalue weighted by atomic mass is 10.2. The highest BCUT2D eigenvalue weighted by Gasteiger charge is 2.11. The molecule has 29 heavy (non-hydrogen) atoms. The fourth-order valence-corrected chi connectivity index (χ4v) is 2.98. The van der Waals surface area contributed by atoms with Crippen molar-refractivity contribution < 1.29 is 18.7 Å². The van der Waals surface area contributed by atoms with Crippen LogP contribution in [0.1, 0.15) is 0 Å². The lowest BCUT2D eigenvalue weighted by Crippen LogP contribution is -2.20. The Hall–Kier alpha value is -3.51. The molecule has 6 nitrogen and oxygen atoms in total. The fourth-order valence-electron chi connectivity index (χ4n) is 2.79. The van der Waals surface area contributed by atoms with E-state index in [0.29, 0.717) is 39.2 Å². The van der Waals surface area contributed by atoms with Gasteiger partial charge in [-0.15, -0.1) is 0 Å². The van der Waals surface area contributed by atoms with E-state index in [1.165, 1.54) is 0 Å². The lowest BCUT2D eigenvalue weighted by Gasteiger charge is -2.08. The molecule has 0 aliphatic heterocycles. The zero-order chi connectivity index (χ0) is 20.2. The smallest absolute Gasteiger partial charge is 0.262 e. The van der Waals surface area contributed by atoms with E-state index in [9.17, 15) is 4.79 Å². The van der Waals surface area contributed by atoms with Gasteiger partial charge in [-0.1, -0.05) is 23.7 Å². The first kappa shape index (κ1) is 18.8. The SMILES string of the molecule is COc1cccc(OCC(=O)Nc2ccc3oc(-c4cccc(Cl)c4)nc3c2)c1. The van der Waals surface area contributed by atoms with Crippen LogP contribution in [0.25, 0.3) is 22.6 Å². The minimum absolute atomic E-state index is 0.127. The molecule has 3 aromatic carbocycles. The van der Waals surface area contributed by atoms with Crippen molar-refractivity contribution in [2.75, 3.05) is 19.0 Å². The molecule has 4 aromatic rings. The van der Waals surface area contributed by atoms with Crippen LogP contribution in [0.4, 0.5) is 5.69 Å². The second kappa shape index (κ2) is 8.24. The number of ether oxygens (including phenoxy) is 2. The van der Waals surface area contributed by atoms with Gasteiger partial charge in [-0.2, -0.15) is 0 Å². The van der Waals surface area contributed by atoms with Gasteiger partial charge in [-0.3, -0.25) is 4.79 Å². The number of aromatic nitrogens is 1. The molecule has 4 rings (SSSR count). The topological polar surface area (TPSA) is 73.6 Å². The third-order valence-electron chi connectivity index (χ3n) is 4.15. The molecule has 0 aliphatic carbocycles. The van der Waals surface area contributed by atoms with Crippen LogP contribution < -0.4 is 14.8 Å². The number of amides is 1. The molecule has 0 fully saturated rings. The minimum atomic E-state index is -0.286. The van der Waals surface area contributed by atoms with Crippen molar-refractivity contribution in [1.29, 1.82) is 0 Å². The van der Waals surface area contributed by atoms with Crippen molar-refractivity contribution >= 4 is 34.3 Å². The van der Waals surface area contributed by atoms with Gasteiger partial charge in [-0.05, 0) is 48.5 Å². The van der Waals surface area contributed by atoms with Crippen molar-refractivity contribution in [2.45, 2.75) is 0 Å². The van der Waals surface area contributed by atoms with Crippen LogP contribution in [-0.2, 0) is 4.79 Å². The number of halogens is 1. The predicted octanol–water partition coefficient (Wildman–Crippen LogP) is 5.17. The second-order valence-electron chi connectivity index (χ2n) is 6.23. The standard InChI is InChI=1S/C22H17ClN2O4/c1-27-17-6-3-7-18(12-17)28-13-21(26)24-16-8-9-20-19(11-16)25-22(29-20)14-4-2-5-15(23)10-14/h2-12H,13H2,1H3,(H,24,26). The largest absolute Gasteiger partial charge is 0.497 e. The summed E-state index contributed by atoms with van der Waals surface area (Å²) < 4.78 is 16.4. The van der Waals surface area contributed by atoms with E-state index in [1.807, 2.05) is 12.1 Å². The Morgan fingerprint density at radius 1 is 1.07 bits per heavy atom. The van der Waals surface area contributed by atoms with Crippen molar-refractivity contribution in [1.82, 2.24) is 4.98 Å². The summed E-state index contributed by atoms with van der Waals surface area (Å²) in [6.45, 7) is -0.127. The quantitative estimate of drug-likeness (QED) is 0.476. The summed E-state index contributed by atoms with van der Waals surface area (Å²) in [5.74, 6) is 1.39. The average Bonchev–Trinajstić information content (AvgIpc) is 3.16. The second-order valence-corrected chi connectivity index (χ2v) is 6.66. The maximum absolute atomic E-state index is 12.2. The van der Waals surface area contributed by atoms with Crippen LogP contribution in [0, 0.1) is 0 Å². The molecular formula is C22H17ClN2O4. The zero-order valence-corrected chi connectivity index (χ0v) is 16.3. The number of rotatable bonds is 6. The van der Waals surface area contributed by atoms with E-state index in [4.69, 9.17) is 25.5 Å². The van der Waals surface area contributed by atoms with Crippen molar-refractivity contribution in [3.63, 3.8) is 0 Å². The summed E-state index contributed by atoms with van der Waals surface area (Å²) >= 11 is 6.03. The number of hydrogen-bond donors (Lipinski definition) is 1. The first-order valence-corrected chi connectivity index (χ1v) is 9.22. The van der Waals surface area contributed by atoms with Crippen LogP contribution in [0.3, 0.4) is 0 Å². The van der Waals surface area contributed by atoms with Crippen LogP contribution in [0.5, 0.6) is 11.5 Å². The Balaban J connectivity index is 1.44. The maximum Gasteiger partial charge on any atom is 0.262 e. The van der Waals surface area contributed by atoms with Crippen LogP contribution in [0.2, 0.25) is 5.02 Å². The summed E-state index contributed by atoms with van der Waals surface area (Å²) in [5, 5.41) is 3.40. The van der Waals surface area contributed by atoms with Gasteiger partial charge in [-0.25, -0.2) is 4.98 Å². The van der Waals surface area contributed by atoms with E-state index in [-0.39, 0.29) is 12.5 Å². The van der Waals surface area contributed by atoms with E-state index >= 15 is 0 Å². The molecule has 0 aliphatic rings. The monoisotopic (exact) mass is 408 g/mol. The van der Waals surface area contributed by atoms with Gasteiger partial charge >= 0.3 is 0 Å². The number of nitrogens with one attached hydrogen (secondary N) is 1. The molecule has 0 unspecified atom stereocenters. The number of methoxy groups -OCH3 is 1. The number of hydrogen-bond acceptors (Lipinski definition) is 5. The molecule has 7 heteroatoms. The number of fused-ring (bicyclic) bond motifs is 1. The fraction of sp³-hybridized carbons (Fsp3) is 0.0909. The molecule has 0 spiro atoms. The highest BCUT2D eigenvalue weighted by atomic mass is 35.5. The molecule has 1 amide bonds. The Morgan fingerprint density at radius 2 is 1.90 bits per heavy atom. The number of anilines is 1. The van der Waals surface area contributed by atoms with E-state index < -0.39 is 0 Å². The Bertz CT molecular complexity index is 1170. The van der Waals surface area contributed by atoms with Gasteiger partial charge in [0.2, 0.25) is 5.89 Å². The third kappa shape index (κ3) is 4.50. The maximum atomic E-state index is 12.2. The number of oxazole rings is 1. The Kier molecular flexibility index (Phi) is 5.35. The number of carbonyl (C=O) groups excluding carboxylic acids is 1. The van der Waals surface area contributed by atoms with Crippen LogP contribution >= 0.6 is 11.6 Å². The Morgan fingerprint density at radius 3 is 2.72 bits per heavy atom. The minimum Gasteiger partial charge on any atom is -0.497 e. The van der Waals surface area contributed by atoms with Gasteiger partial charge in [0.05, 0.1) is 7.11 Å². The number of carbonyl (C=O) groups is 1. The highest BCUT2D eigenvalue weighted by Crippen LogP contribution is 2.27. The van der Waals surface area contributed by atoms with Crippen molar-refractivity contribution in [3.8, 4) is 23.0 Å². The lowest BCUT2D eigenvalue weighted by molar-refractivity contribution is -0.118. The van der Waals surface area contributed by atoms with Gasteiger partial charge in [0.1, 0.15) is 17.0 Å². The van der Waals surface area contributed by atoms with Crippen LogP contribution in [-0.4, -0.2) is 24.6 Å². The van der Waals surface area contributed by atoms with Gasteiger partial charge in [0.15, 0.2) is 12.2 Å². The van der Waals surface area contributed by atoms with E-state index in [1.54, 1.807) is 61.7 Å². The van der Waals surface area contributed by atoms with Crippen molar-refractivity contribution in [2.24, 2.45) is 0 Å². The molecule has 0 atom stereocenters. The molecule has 1 N–H and O–H groups in total. The van der Waals surface area contributed by atoms with Gasteiger partial charge in [0, 0.05) is 22.3 Å². The molecule has 0 saturated heterocycles. The summed E-state index contributed by atoms with van der Waals surface area (Å²) in [4.78, 5) is 16.7. The summed E-state index contributed by atoms with van der Waals surface area (Å²) in [6, 6.07) is 19.6. The van der Waals surface area contributed by atoms with Crippen LogP contribution in [0.15, 0.2) is 71.1 Å². The average molecular weight is 409 g/mol. The number of nitrogens with zero attached hydrogens (tertiary/aromatic N) is 1. The molecule has 146 valence electrons. The van der Waals surface area contributed by atoms with Gasteiger partial charge < -0.3 is 19.2 Å². The normalized spacial score (nSPS) is 10.7. The molecule has 0 saturated carbocycles. The first-order chi connectivity index (χ1) is 14.1. The Labute approximate surface area is 172 Å². The summed E-state index contributed by atoms with van der Waals surface area (Å²) in [5.41, 5.74) is 2.63. The first-order valence-electron chi connectivity index (χ1n) is 8.84. The molecule has 1 aromatic heterocycles. The zero-order valence-electron chi connectivity index (χ0n) is 15.5.